The van der Waals surface area contributed by atoms with Crippen molar-refractivity contribution in [2.45, 2.75) is 103 Å². The Balaban J connectivity index is 2.65. The second-order valence-corrected chi connectivity index (χ2v) is 27.9. The molecule has 1 fully saturated rings. The molecule has 1 aliphatic rings. The van der Waals surface area contributed by atoms with Gasteiger partial charge in [-0.15, -0.1) is 0 Å². The first-order chi connectivity index (χ1) is 18.8. The van der Waals surface area contributed by atoms with Gasteiger partial charge in [0, 0.05) is 17.9 Å². The van der Waals surface area contributed by atoms with E-state index in [-0.39, 0.29) is 18.9 Å². The molecular formula is C26H48NO10PSi3. The molecule has 1 heterocycles. The molecule has 1 saturated heterocycles. The Morgan fingerprint density at radius 3 is 1.73 bits per heavy atom. The molecule has 1 aliphatic heterocycles. The molecule has 5 atom stereocenters. The van der Waals surface area contributed by atoms with E-state index in [2.05, 4.69) is 58.9 Å². The summed E-state index contributed by atoms with van der Waals surface area (Å²) in [4.78, 5) is 10.7. The Hall–Kier alpha value is -1.20. The Labute approximate surface area is 247 Å². The van der Waals surface area contributed by atoms with Crippen molar-refractivity contribution in [2.75, 3.05) is 13.2 Å². The van der Waals surface area contributed by atoms with Gasteiger partial charge in [-0.2, -0.15) is 0 Å². The third-order valence-electron chi connectivity index (χ3n) is 5.38. The first kappa shape index (κ1) is 36.0. The average Bonchev–Trinajstić information content (AvgIpc) is 2.80. The lowest BCUT2D eigenvalue weighted by Gasteiger charge is -2.50. The molecule has 0 radical (unpaired) electrons. The molecule has 41 heavy (non-hydrogen) atoms. The van der Waals surface area contributed by atoms with E-state index in [9.17, 15) is 14.7 Å². The molecule has 0 spiro atoms. The van der Waals surface area contributed by atoms with E-state index in [1.807, 2.05) is 0 Å². The third kappa shape index (κ3) is 12.1. The molecule has 2 rings (SSSR count). The predicted molar refractivity (Wildman–Crippen MR) is 167 cm³/mol. The Morgan fingerprint density at radius 2 is 1.29 bits per heavy atom. The van der Waals surface area contributed by atoms with Gasteiger partial charge in [-0.1, -0.05) is 0 Å². The molecule has 0 saturated carbocycles. The highest BCUT2D eigenvalue weighted by molar-refractivity contribution is 7.57. The van der Waals surface area contributed by atoms with E-state index in [4.69, 9.17) is 31.8 Å². The largest absolute Gasteiger partial charge is 0.462 e. The molecule has 1 aromatic carbocycles. The lowest BCUT2D eigenvalue weighted by molar-refractivity contribution is -0.384. The van der Waals surface area contributed by atoms with Crippen LogP contribution in [0.3, 0.4) is 0 Å². The van der Waals surface area contributed by atoms with Crippen LogP contribution in [0, 0.1) is 10.1 Å². The van der Waals surface area contributed by atoms with Crippen molar-refractivity contribution < 1.29 is 41.3 Å². The van der Waals surface area contributed by atoms with Crippen LogP contribution in [-0.4, -0.2) is 73.8 Å². The number of nitro groups is 1. The number of nitro benzene ring substituents is 1. The number of rotatable bonds is 15. The highest BCUT2D eigenvalue weighted by Crippen LogP contribution is 2.50. The van der Waals surface area contributed by atoms with Crippen LogP contribution in [0.5, 0.6) is 5.75 Å². The van der Waals surface area contributed by atoms with Crippen molar-refractivity contribution in [1.82, 2.24) is 0 Å². The Morgan fingerprint density at radius 1 is 0.829 bits per heavy atom. The summed E-state index contributed by atoms with van der Waals surface area (Å²) in [5.74, 6) is 1.79. The van der Waals surface area contributed by atoms with Crippen LogP contribution < -0.4 is 4.74 Å². The van der Waals surface area contributed by atoms with Gasteiger partial charge in [-0.05, 0) is 91.0 Å². The molecule has 0 aliphatic carbocycles. The molecule has 0 unspecified atom stereocenters. The maximum atomic E-state index is 13.3. The standard InChI is InChI=1S/C26H48NO10PSi3/c1-12-31-38(30,32-13-2)19-18-22-23(35-39(3,4)5)24(36-40(6,7)8)25(37-41(9,10)11)26(34-22)33-21-16-14-20(15-17-21)27(28)29/h14-19,22-26H,12-13H2,1-11H3/b19-18+/t22-,23-,24+,25+,26+/m1/s1. The lowest BCUT2D eigenvalue weighted by Crippen LogP contribution is -2.65. The van der Waals surface area contributed by atoms with Crippen molar-refractivity contribution >= 4 is 38.2 Å². The smallest absolute Gasteiger partial charge is 0.353 e. The fourth-order valence-electron chi connectivity index (χ4n) is 4.16. The van der Waals surface area contributed by atoms with Gasteiger partial charge in [0.25, 0.3) is 5.69 Å². The zero-order chi connectivity index (χ0) is 31.2. The summed E-state index contributed by atoms with van der Waals surface area (Å²) in [5.41, 5.74) is -0.0521. The second-order valence-electron chi connectivity index (χ2n) is 12.6. The van der Waals surface area contributed by atoms with E-state index < -0.39 is 68.2 Å². The number of hydrogen-bond acceptors (Lipinski definition) is 10. The van der Waals surface area contributed by atoms with Gasteiger partial charge in [0.05, 0.1) is 18.1 Å². The van der Waals surface area contributed by atoms with E-state index >= 15 is 0 Å². The van der Waals surface area contributed by atoms with Gasteiger partial charge in [0.15, 0.2) is 25.0 Å². The van der Waals surface area contributed by atoms with Gasteiger partial charge >= 0.3 is 7.60 Å². The quantitative estimate of drug-likeness (QED) is 0.0838. The fraction of sp³-hybridized carbons (Fsp3) is 0.692. The molecule has 15 heteroatoms. The van der Waals surface area contributed by atoms with Gasteiger partial charge in [0.2, 0.25) is 6.29 Å². The number of nitrogens with zero attached hydrogens (tertiary/aromatic N) is 1. The van der Waals surface area contributed by atoms with E-state index in [1.54, 1.807) is 19.9 Å². The van der Waals surface area contributed by atoms with Crippen molar-refractivity contribution in [2.24, 2.45) is 0 Å². The fourth-order valence-corrected chi connectivity index (χ4v) is 8.74. The summed E-state index contributed by atoms with van der Waals surface area (Å²) >= 11 is 0. The predicted octanol–water partition coefficient (Wildman–Crippen LogP) is 7.14. The Bertz CT molecular complexity index is 1060. The van der Waals surface area contributed by atoms with Gasteiger partial charge in [-0.3, -0.25) is 14.7 Å². The topological polar surface area (TPSA) is 125 Å². The van der Waals surface area contributed by atoms with E-state index in [0.29, 0.717) is 5.75 Å². The highest BCUT2D eigenvalue weighted by Gasteiger charge is 2.52. The number of hydrogen-bond donors (Lipinski definition) is 0. The molecule has 1 aromatic rings. The summed E-state index contributed by atoms with van der Waals surface area (Å²) in [6.45, 7) is 22.7. The lowest BCUT2D eigenvalue weighted by atomic mass is 9.99. The van der Waals surface area contributed by atoms with Crippen LogP contribution in [0.25, 0.3) is 0 Å². The molecule has 0 N–H and O–H groups in total. The average molecular weight is 650 g/mol. The van der Waals surface area contributed by atoms with E-state index in [0.717, 1.165) is 0 Å². The van der Waals surface area contributed by atoms with Gasteiger partial charge in [0.1, 0.15) is 30.2 Å². The minimum Gasteiger partial charge on any atom is -0.462 e. The minimum absolute atomic E-state index is 0.0521. The Kier molecular flexibility index (Phi) is 12.7. The number of benzene rings is 1. The SMILES string of the molecule is CCOP(=O)(/C=C/[C@H]1O[C@H](Oc2ccc([N+](=O)[O-])cc2)[C@@H](O[Si](C)(C)C)[C@@H](O[Si](C)(C)C)[C@@H]1O[Si](C)(C)C)OCC. The molecule has 0 bridgehead atoms. The summed E-state index contributed by atoms with van der Waals surface area (Å²) < 4.78 is 57.3. The molecule has 0 aromatic heterocycles. The maximum absolute atomic E-state index is 13.3. The summed E-state index contributed by atoms with van der Waals surface area (Å²) in [6.07, 6.45) is -1.90. The normalized spacial score (nSPS) is 24.5. The third-order valence-corrected chi connectivity index (χ3v) is 10.1. The maximum Gasteiger partial charge on any atom is 0.353 e. The van der Waals surface area contributed by atoms with Crippen molar-refractivity contribution in [3.8, 4) is 5.75 Å². The number of ether oxygens (including phenoxy) is 2. The van der Waals surface area contributed by atoms with Crippen LogP contribution in [0.1, 0.15) is 13.8 Å². The van der Waals surface area contributed by atoms with E-state index in [1.165, 1.54) is 30.1 Å². The van der Waals surface area contributed by atoms with Crippen LogP contribution in [0.15, 0.2) is 36.2 Å². The van der Waals surface area contributed by atoms with Crippen LogP contribution >= 0.6 is 7.60 Å². The van der Waals surface area contributed by atoms with Gasteiger partial charge in [-0.25, -0.2) is 0 Å². The van der Waals surface area contributed by atoms with Gasteiger partial charge < -0.3 is 31.8 Å². The minimum atomic E-state index is -3.54. The zero-order valence-corrected chi connectivity index (χ0v) is 30.1. The van der Waals surface area contributed by atoms with Crippen LogP contribution in [0.2, 0.25) is 58.9 Å². The summed E-state index contributed by atoms with van der Waals surface area (Å²) in [5, 5.41) is 11.2. The van der Waals surface area contributed by atoms with Crippen molar-refractivity contribution in [3.63, 3.8) is 0 Å². The van der Waals surface area contributed by atoms with Crippen molar-refractivity contribution in [3.05, 3.63) is 46.3 Å². The second kappa shape index (κ2) is 14.5. The first-order valence-corrected chi connectivity index (χ1v) is 25.8. The number of non-ortho nitro benzene ring substituents is 1. The van der Waals surface area contributed by atoms with Crippen LogP contribution in [0.4, 0.5) is 5.69 Å². The highest BCUT2D eigenvalue weighted by atomic mass is 31.2. The summed E-state index contributed by atoms with van der Waals surface area (Å²) in [7, 11) is -10.1. The van der Waals surface area contributed by atoms with Crippen molar-refractivity contribution in [1.29, 1.82) is 0 Å². The molecule has 234 valence electrons. The monoisotopic (exact) mass is 649 g/mol. The van der Waals surface area contributed by atoms with Crippen LogP contribution in [-0.2, 0) is 31.6 Å². The summed E-state index contributed by atoms with van der Waals surface area (Å²) in [6, 6.07) is 5.79. The molecular weight excluding hydrogens is 602 g/mol. The zero-order valence-electron chi connectivity index (χ0n) is 26.2. The first-order valence-electron chi connectivity index (χ1n) is 13.9. The molecule has 11 nitrogen and oxygen atoms in total. The molecule has 0 amide bonds.